The third-order valence-corrected chi connectivity index (χ3v) is 6.21. The highest BCUT2D eigenvalue weighted by molar-refractivity contribution is 6.03. The van der Waals surface area contributed by atoms with Gasteiger partial charge in [-0.1, -0.05) is 109 Å². The van der Waals surface area contributed by atoms with Crippen LogP contribution in [0.4, 0.5) is 17.1 Å². The summed E-state index contributed by atoms with van der Waals surface area (Å²) >= 11 is 0. The minimum absolute atomic E-state index is 0.653. The number of benzene rings is 5. The molecule has 0 bridgehead atoms. The molecule has 0 aromatic heterocycles. The van der Waals surface area contributed by atoms with Crippen LogP contribution in [-0.4, -0.2) is 0 Å². The number of rotatable bonds is 6. The first-order valence-corrected chi connectivity index (χ1v) is 12.0. The van der Waals surface area contributed by atoms with Crippen molar-refractivity contribution in [2.75, 3.05) is 4.90 Å². The summed E-state index contributed by atoms with van der Waals surface area (Å²) in [6, 6.07) is 49.9. The third kappa shape index (κ3) is 4.82. The number of nitrogens with zero attached hydrogens (tertiary/aromatic N) is 2. The Kier molecular flexibility index (Phi) is 6.74. The highest BCUT2D eigenvalue weighted by atomic mass is 15.1. The van der Waals surface area contributed by atoms with Gasteiger partial charge in [-0.2, -0.15) is 5.26 Å². The van der Waals surface area contributed by atoms with Crippen LogP contribution in [0.5, 0.6) is 0 Å². The SMILES string of the molecule is Cc1ccc(N(c2ccccc2)c2ccc(C(C#N)=C(c3ccccc3)c3ccccc3)cc2)cc1. The van der Waals surface area contributed by atoms with Crippen molar-refractivity contribution in [2.24, 2.45) is 0 Å². The van der Waals surface area contributed by atoms with Crippen molar-refractivity contribution >= 4 is 28.2 Å². The maximum atomic E-state index is 10.3. The summed E-state index contributed by atoms with van der Waals surface area (Å²) in [5.41, 5.74) is 8.95. The molecule has 0 saturated heterocycles. The first kappa shape index (κ1) is 22.9. The molecule has 36 heavy (non-hydrogen) atoms. The van der Waals surface area contributed by atoms with E-state index in [4.69, 9.17) is 0 Å². The van der Waals surface area contributed by atoms with Gasteiger partial charge in [0.1, 0.15) is 6.07 Å². The second-order valence-electron chi connectivity index (χ2n) is 8.65. The molecule has 172 valence electrons. The highest BCUT2D eigenvalue weighted by Gasteiger charge is 2.16. The monoisotopic (exact) mass is 462 g/mol. The molecule has 0 aliphatic heterocycles. The average molecular weight is 463 g/mol. The zero-order valence-corrected chi connectivity index (χ0v) is 20.2. The molecule has 2 heteroatoms. The van der Waals surface area contributed by atoms with Gasteiger partial charge >= 0.3 is 0 Å². The van der Waals surface area contributed by atoms with Gasteiger partial charge in [-0.15, -0.1) is 0 Å². The second kappa shape index (κ2) is 10.6. The Labute approximate surface area is 213 Å². The maximum Gasteiger partial charge on any atom is 0.100 e. The molecule has 0 saturated carbocycles. The lowest BCUT2D eigenvalue weighted by molar-refractivity contribution is 1.27. The van der Waals surface area contributed by atoms with Crippen LogP contribution in [0, 0.1) is 18.3 Å². The van der Waals surface area contributed by atoms with Gasteiger partial charge in [-0.3, -0.25) is 0 Å². The van der Waals surface area contributed by atoms with E-state index in [2.05, 4.69) is 90.7 Å². The fraction of sp³-hybridized carbons (Fsp3) is 0.0294. The van der Waals surface area contributed by atoms with Crippen molar-refractivity contribution in [2.45, 2.75) is 6.92 Å². The van der Waals surface area contributed by atoms with Crippen LogP contribution in [0.15, 0.2) is 140 Å². The highest BCUT2D eigenvalue weighted by Crippen LogP contribution is 2.37. The van der Waals surface area contributed by atoms with E-state index in [-0.39, 0.29) is 0 Å². The zero-order chi connectivity index (χ0) is 24.7. The molecule has 5 aromatic rings. The number of allylic oxidation sites excluding steroid dienone is 1. The number of aryl methyl sites for hydroxylation is 1. The third-order valence-electron chi connectivity index (χ3n) is 6.21. The predicted molar refractivity (Wildman–Crippen MR) is 150 cm³/mol. The summed E-state index contributed by atoms with van der Waals surface area (Å²) in [6.45, 7) is 2.10. The largest absolute Gasteiger partial charge is 0.311 e. The molecule has 0 aliphatic carbocycles. The molecule has 0 radical (unpaired) electrons. The topological polar surface area (TPSA) is 27.0 Å². The Balaban J connectivity index is 1.62. The predicted octanol–water partition coefficient (Wildman–Crippen LogP) is 8.95. The van der Waals surface area contributed by atoms with Crippen LogP contribution in [0.3, 0.4) is 0 Å². The first-order chi connectivity index (χ1) is 17.7. The number of hydrogen-bond acceptors (Lipinski definition) is 2. The lowest BCUT2D eigenvalue weighted by atomic mass is 9.90. The fourth-order valence-corrected chi connectivity index (χ4v) is 4.43. The second-order valence-corrected chi connectivity index (χ2v) is 8.65. The molecule has 0 N–H and O–H groups in total. The van der Waals surface area contributed by atoms with Crippen molar-refractivity contribution in [1.29, 1.82) is 5.26 Å². The number of hydrogen-bond donors (Lipinski definition) is 0. The molecule has 0 unspecified atom stereocenters. The van der Waals surface area contributed by atoms with Crippen LogP contribution < -0.4 is 4.90 Å². The molecule has 0 aliphatic rings. The molecular formula is C34H26N2. The maximum absolute atomic E-state index is 10.3. The lowest BCUT2D eigenvalue weighted by Crippen LogP contribution is -2.09. The summed E-state index contributed by atoms with van der Waals surface area (Å²) in [6.07, 6.45) is 0. The van der Waals surface area contributed by atoms with Gasteiger partial charge in [0.2, 0.25) is 0 Å². The van der Waals surface area contributed by atoms with Crippen molar-refractivity contribution in [3.8, 4) is 6.07 Å². The number of para-hydroxylation sites is 1. The van der Waals surface area contributed by atoms with Crippen molar-refractivity contribution in [3.05, 3.63) is 162 Å². The Morgan fingerprint density at radius 3 is 1.39 bits per heavy atom. The van der Waals surface area contributed by atoms with E-state index in [0.717, 1.165) is 39.3 Å². The summed E-state index contributed by atoms with van der Waals surface area (Å²) in [7, 11) is 0. The Bertz CT molecular complexity index is 1450. The van der Waals surface area contributed by atoms with Crippen LogP contribution in [0.1, 0.15) is 22.3 Å². The first-order valence-electron chi connectivity index (χ1n) is 12.0. The van der Waals surface area contributed by atoms with E-state index < -0.39 is 0 Å². The molecule has 0 spiro atoms. The minimum atomic E-state index is 0.653. The number of nitriles is 1. The lowest BCUT2D eigenvalue weighted by Gasteiger charge is -2.25. The van der Waals surface area contributed by atoms with Gasteiger partial charge in [-0.25, -0.2) is 0 Å². The average Bonchev–Trinajstić information content (AvgIpc) is 2.95. The van der Waals surface area contributed by atoms with E-state index in [1.165, 1.54) is 5.56 Å². The normalized spacial score (nSPS) is 10.3. The van der Waals surface area contributed by atoms with Gasteiger partial charge in [0.05, 0.1) is 5.57 Å². The van der Waals surface area contributed by atoms with Gasteiger partial charge in [0.15, 0.2) is 0 Å². The van der Waals surface area contributed by atoms with E-state index >= 15 is 0 Å². The van der Waals surface area contributed by atoms with E-state index in [0.29, 0.717) is 5.57 Å². The Hall–Kier alpha value is -4.87. The molecule has 2 nitrogen and oxygen atoms in total. The van der Waals surface area contributed by atoms with Gasteiger partial charge in [0.25, 0.3) is 0 Å². The summed E-state index contributed by atoms with van der Waals surface area (Å²) in [4.78, 5) is 2.23. The summed E-state index contributed by atoms with van der Waals surface area (Å²) < 4.78 is 0. The molecule has 0 atom stereocenters. The van der Waals surface area contributed by atoms with Gasteiger partial charge in [-0.05, 0) is 60.0 Å². The number of anilines is 3. The van der Waals surface area contributed by atoms with E-state index in [1.807, 2.05) is 66.7 Å². The van der Waals surface area contributed by atoms with Crippen molar-refractivity contribution in [1.82, 2.24) is 0 Å². The molecule has 0 fully saturated rings. The van der Waals surface area contributed by atoms with Crippen LogP contribution in [0.25, 0.3) is 11.1 Å². The molecular weight excluding hydrogens is 436 g/mol. The minimum Gasteiger partial charge on any atom is -0.311 e. The molecule has 5 rings (SSSR count). The smallest absolute Gasteiger partial charge is 0.100 e. The van der Waals surface area contributed by atoms with Crippen LogP contribution in [-0.2, 0) is 0 Å². The van der Waals surface area contributed by atoms with Crippen molar-refractivity contribution in [3.63, 3.8) is 0 Å². The van der Waals surface area contributed by atoms with Gasteiger partial charge in [0, 0.05) is 22.6 Å². The molecule has 0 heterocycles. The molecule has 5 aromatic carbocycles. The van der Waals surface area contributed by atoms with E-state index in [1.54, 1.807) is 0 Å². The van der Waals surface area contributed by atoms with Gasteiger partial charge < -0.3 is 4.90 Å². The Morgan fingerprint density at radius 1 is 0.500 bits per heavy atom. The van der Waals surface area contributed by atoms with E-state index in [9.17, 15) is 5.26 Å². The zero-order valence-electron chi connectivity index (χ0n) is 20.2. The van der Waals surface area contributed by atoms with Crippen LogP contribution in [0.2, 0.25) is 0 Å². The summed E-state index contributed by atoms with van der Waals surface area (Å²) in [5, 5.41) is 10.3. The summed E-state index contributed by atoms with van der Waals surface area (Å²) in [5.74, 6) is 0. The molecule has 0 amide bonds. The fourth-order valence-electron chi connectivity index (χ4n) is 4.43. The quantitative estimate of drug-likeness (QED) is 0.186. The van der Waals surface area contributed by atoms with Crippen LogP contribution >= 0.6 is 0 Å². The Morgan fingerprint density at radius 2 is 0.917 bits per heavy atom. The standard InChI is InChI=1S/C34H26N2/c1-26-17-21-31(22-18-26)36(30-15-9-4-10-16-30)32-23-19-27(20-24-32)33(25-35)34(28-11-5-2-6-12-28)29-13-7-3-8-14-29/h2-24H,1H3. The van der Waals surface area contributed by atoms with Crippen molar-refractivity contribution < 1.29 is 0 Å².